The summed E-state index contributed by atoms with van der Waals surface area (Å²) in [6.07, 6.45) is 3.00. The van der Waals surface area contributed by atoms with E-state index in [-0.39, 0.29) is 11.4 Å². The Labute approximate surface area is 111 Å². The first-order chi connectivity index (χ1) is 8.65. The molecule has 4 nitrogen and oxygen atoms in total. The lowest BCUT2D eigenvalue weighted by Gasteiger charge is -2.10. The second-order valence-corrected chi connectivity index (χ2v) is 4.02. The maximum atomic E-state index is 13.8. The molecule has 2 aromatic rings. The van der Waals surface area contributed by atoms with E-state index in [1.807, 2.05) is 6.92 Å². The molecule has 0 atom stereocenters. The minimum Gasteiger partial charge on any atom is -0.649 e. The van der Waals surface area contributed by atoms with E-state index in [1.165, 1.54) is 11.0 Å². The van der Waals surface area contributed by atoms with Crippen molar-refractivity contribution in [3.05, 3.63) is 35.9 Å². The number of aromatic nitrogens is 3. The van der Waals surface area contributed by atoms with Crippen LogP contribution in [0.15, 0.2) is 18.5 Å². The minimum absolute atomic E-state index is 0.0706. The van der Waals surface area contributed by atoms with Gasteiger partial charge in [-0.2, -0.15) is 5.10 Å². The molecule has 0 aliphatic carbocycles. The van der Waals surface area contributed by atoms with Crippen LogP contribution in [-0.2, 0) is 6.42 Å². The van der Waals surface area contributed by atoms with Gasteiger partial charge in [0.1, 0.15) is 23.6 Å². The van der Waals surface area contributed by atoms with Crippen LogP contribution >= 0.6 is 0 Å². The van der Waals surface area contributed by atoms with E-state index in [0.29, 0.717) is 12.2 Å². The van der Waals surface area contributed by atoms with Gasteiger partial charge in [-0.05, 0) is 6.42 Å². The Bertz CT molecular complexity index is 559. The molecule has 0 aliphatic heterocycles. The predicted octanol–water partition coefficient (Wildman–Crippen LogP) is 1.69. The van der Waals surface area contributed by atoms with Crippen molar-refractivity contribution in [2.75, 3.05) is 0 Å². The molecule has 0 saturated carbocycles. The molecule has 0 fully saturated rings. The third-order valence-corrected chi connectivity index (χ3v) is 2.70. The quantitative estimate of drug-likeness (QED) is 0.791. The van der Waals surface area contributed by atoms with E-state index in [2.05, 4.69) is 10.1 Å². The van der Waals surface area contributed by atoms with Crippen LogP contribution in [0.5, 0.6) is 5.75 Å². The molecule has 1 radical (unpaired) electrons. The molecule has 0 aliphatic rings. The number of benzene rings is 1. The second-order valence-electron chi connectivity index (χ2n) is 3.73. The normalized spacial score (nSPS) is 10.6. The highest BCUT2D eigenvalue weighted by Crippen LogP contribution is 2.26. The van der Waals surface area contributed by atoms with Crippen molar-refractivity contribution >= 4 is 16.6 Å². The SMILES string of the molecule is CCCc1ncn(-c2c(F)cc(F)cc2[O][AlH])n1. The average Bonchev–Trinajstić information content (AvgIpc) is 2.76. The molecule has 1 heterocycles. The lowest BCUT2D eigenvalue weighted by atomic mass is 10.2. The Balaban J connectivity index is 2.48. The van der Waals surface area contributed by atoms with Gasteiger partial charge in [0, 0.05) is 18.6 Å². The molecule has 7 heteroatoms. The van der Waals surface area contributed by atoms with E-state index < -0.39 is 11.6 Å². The van der Waals surface area contributed by atoms with E-state index in [9.17, 15) is 8.78 Å². The van der Waals surface area contributed by atoms with Crippen molar-refractivity contribution in [2.45, 2.75) is 19.8 Å². The van der Waals surface area contributed by atoms with Gasteiger partial charge in [-0.15, -0.1) is 0 Å². The van der Waals surface area contributed by atoms with Crippen molar-refractivity contribution in [3.8, 4) is 11.4 Å². The number of hydrogen-bond acceptors (Lipinski definition) is 3. The molecule has 0 saturated heterocycles. The van der Waals surface area contributed by atoms with Crippen molar-refractivity contribution in [1.82, 2.24) is 14.8 Å². The van der Waals surface area contributed by atoms with Crippen LogP contribution in [0.3, 0.4) is 0 Å². The summed E-state index contributed by atoms with van der Waals surface area (Å²) in [7, 11) is 0. The van der Waals surface area contributed by atoms with E-state index in [1.54, 1.807) is 0 Å². The van der Waals surface area contributed by atoms with Crippen LogP contribution in [-0.4, -0.2) is 31.4 Å². The molecular weight excluding hydrogens is 255 g/mol. The molecule has 0 spiro atoms. The summed E-state index contributed by atoms with van der Waals surface area (Å²) in [5.74, 6) is -0.707. The topological polar surface area (TPSA) is 39.9 Å². The Morgan fingerprint density at radius 1 is 1.39 bits per heavy atom. The maximum Gasteiger partial charge on any atom is 0.494 e. The van der Waals surface area contributed by atoms with Gasteiger partial charge in [0.15, 0.2) is 11.6 Å². The monoisotopic (exact) mass is 266 g/mol. The van der Waals surface area contributed by atoms with Gasteiger partial charge in [0.25, 0.3) is 0 Å². The third-order valence-electron chi connectivity index (χ3n) is 2.39. The zero-order valence-electron chi connectivity index (χ0n) is 9.86. The minimum atomic E-state index is -0.732. The van der Waals surface area contributed by atoms with Gasteiger partial charge in [-0.3, -0.25) is 0 Å². The number of rotatable bonds is 4. The maximum absolute atomic E-state index is 13.8. The van der Waals surface area contributed by atoms with Gasteiger partial charge < -0.3 is 3.79 Å². The van der Waals surface area contributed by atoms with Crippen molar-refractivity contribution in [3.63, 3.8) is 0 Å². The summed E-state index contributed by atoms with van der Waals surface area (Å²) < 4.78 is 33.1. The summed E-state index contributed by atoms with van der Waals surface area (Å²) in [5.41, 5.74) is 0.0706. The van der Waals surface area contributed by atoms with Gasteiger partial charge in [-0.25, -0.2) is 18.4 Å². The lowest BCUT2D eigenvalue weighted by Crippen LogP contribution is -2.04. The van der Waals surface area contributed by atoms with E-state index in [0.717, 1.165) is 35.2 Å². The summed E-state index contributed by atoms with van der Waals surface area (Å²) in [4.78, 5) is 4.06. The Hall–Kier alpha value is -1.45. The van der Waals surface area contributed by atoms with Crippen LogP contribution in [0.4, 0.5) is 8.78 Å². The van der Waals surface area contributed by atoms with E-state index in [4.69, 9.17) is 3.79 Å². The van der Waals surface area contributed by atoms with Gasteiger partial charge in [0.2, 0.25) is 0 Å². The molecule has 0 bridgehead atoms. The highest BCUT2D eigenvalue weighted by atomic mass is 27.1. The van der Waals surface area contributed by atoms with Gasteiger partial charge in [0.05, 0.1) is 0 Å². The van der Waals surface area contributed by atoms with Crippen molar-refractivity contribution in [1.29, 1.82) is 0 Å². The molecular formula is C11H11AlF2N3O. The number of halogens is 2. The Morgan fingerprint density at radius 2 is 2.17 bits per heavy atom. The fourth-order valence-electron chi connectivity index (χ4n) is 1.62. The third kappa shape index (κ3) is 2.52. The zero-order valence-corrected chi connectivity index (χ0v) is 11.3. The molecule has 0 amide bonds. The molecule has 1 aromatic heterocycles. The van der Waals surface area contributed by atoms with Crippen LogP contribution in [0.25, 0.3) is 5.69 Å². The van der Waals surface area contributed by atoms with Crippen molar-refractivity contribution in [2.24, 2.45) is 0 Å². The summed E-state index contributed by atoms with van der Waals surface area (Å²) in [6, 6.07) is 1.91. The summed E-state index contributed by atoms with van der Waals surface area (Å²) >= 11 is 1.15. The molecule has 2 rings (SSSR count). The van der Waals surface area contributed by atoms with Crippen LogP contribution in [0.1, 0.15) is 19.2 Å². The second kappa shape index (κ2) is 5.46. The summed E-state index contributed by atoms with van der Waals surface area (Å²) in [6.45, 7) is 2.00. The standard InChI is InChI=1S/C11H11F2N3O.Al.H/c1-2-3-10-14-6-16(15-10)11-8(13)4-7(12)5-9(11)17;;/h4-6,17H,2-3H2,1H3;;/q;+1;/p-1. The first-order valence-corrected chi connectivity index (χ1v) is 6.05. The average molecular weight is 266 g/mol. The number of nitrogens with zero attached hydrogens (tertiary/aromatic N) is 3. The number of hydrogen-bond donors (Lipinski definition) is 0. The first-order valence-electron chi connectivity index (χ1n) is 5.47. The zero-order chi connectivity index (χ0) is 13.1. The fraction of sp³-hybridized carbons (Fsp3) is 0.273. The fourth-order valence-corrected chi connectivity index (χ4v) is 1.84. The van der Waals surface area contributed by atoms with Gasteiger partial charge >= 0.3 is 16.6 Å². The molecule has 0 unspecified atom stereocenters. The Morgan fingerprint density at radius 3 is 2.83 bits per heavy atom. The van der Waals surface area contributed by atoms with Crippen LogP contribution in [0.2, 0.25) is 0 Å². The molecule has 18 heavy (non-hydrogen) atoms. The lowest BCUT2D eigenvalue weighted by molar-refractivity contribution is 0.537. The first kappa shape index (κ1) is 13.0. The number of aryl methyl sites for hydroxylation is 1. The molecule has 1 aromatic carbocycles. The predicted molar refractivity (Wildman–Crippen MR) is 63.0 cm³/mol. The summed E-state index contributed by atoms with van der Waals surface area (Å²) in [5, 5.41) is 4.14. The van der Waals surface area contributed by atoms with Gasteiger partial charge in [-0.1, -0.05) is 6.92 Å². The molecule has 0 N–H and O–H groups in total. The van der Waals surface area contributed by atoms with E-state index >= 15 is 0 Å². The highest BCUT2D eigenvalue weighted by molar-refractivity contribution is 6.00. The molecule has 93 valence electrons. The smallest absolute Gasteiger partial charge is 0.494 e. The Kier molecular flexibility index (Phi) is 3.94. The highest BCUT2D eigenvalue weighted by Gasteiger charge is 2.14. The largest absolute Gasteiger partial charge is 0.649 e. The van der Waals surface area contributed by atoms with Crippen LogP contribution < -0.4 is 3.79 Å². The van der Waals surface area contributed by atoms with Crippen LogP contribution in [0, 0.1) is 11.6 Å². The van der Waals surface area contributed by atoms with Crippen molar-refractivity contribution < 1.29 is 12.6 Å².